The normalized spacial score (nSPS) is 11.1. The summed E-state index contributed by atoms with van der Waals surface area (Å²) in [6, 6.07) is 4.18. The van der Waals surface area contributed by atoms with Crippen LogP contribution in [-0.2, 0) is 16.1 Å². The first kappa shape index (κ1) is 16.8. The molecule has 114 valence electrons. The number of likely N-dealkylation sites (N-methyl/N-ethyl adjacent to an activating group) is 2. The van der Waals surface area contributed by atoms with Gasteiger partial charge in [0, 0.05) is 26.7 Å². The molecular formula is C15H19FN2O3. The quantitative estimate of drug-likeness (QED) is 0.807. The topological polar surface area (TPSA) is 60.9 Å². The molecule has 0 saturated carbocycles. The second-order valence-corrected chi connectivity index (χ2v) is 4.98. The van der Waals surface area contributed by atoms with Crippen LogP contribution in [0.15, 0.2) is 24.3 Å². The van der Waals surface area contributed by atoms with Gasteiger partial charge in [0.25, 0.3) is 0 Å². The second-order valence-electron chi connectivity index (χ2n) is 4.98. The number of nitrogens with zero attached hydrogens (tertiary/aromatic N) is 2. The van der Waals surface area contributed by atoms with E-state index in [1.54, 1.807) is 32.1 Å². The lowest BCUT2D eigenvalue weighted by Crippen LogP contribution is -2.34. The van der Waals surface area contributed by atoms with Crippen LogP contribution in [0.1, 0.15) is 11.1 Å². The molecule has 5 nitrogen and oxygen atoms in total. The lowest BCUT2D eigenvalue weighted by atomic mass is 10.1. The van der Waals surface area contributed by atoms with E-state index in [0.717, 1.165) is 11.6 Å². The molecule has 0 aliphatic carbocycles. The fraction of sp³-hybridized carbons (Fsp3) is 0.333. The summed E-state index contributed by atoms with van der Waals surface area (Å²) in [6.45, 7) is 0.644. The molecule has 1 amide bonds. The van der Waals surface area contributed by atoms with Crippen molar-refractivity contribution >= 4 is 18.0 Å². The van der Waals surface area contributed by atoms with Gasteiger partial charge < -0.3 is 10.0 Å². The van der Waals surface area contributed by atoms with Crippen LogP contribution in [0.25, 0.3) is 6.08 Å². The number of carbonyl (C=O) groups is 2. The van der Waals surface area contributed by atoms with Crippen molar-refractivity contribution in [1.29, 1.82) is 0 Å². The Morgan fingerprint density at radius 1 is 1.29 bits per heavy atom. The monoisotopic (exact) mass is 294 g/mol. The van der Waals surface area contributed by atoms with Gasteiger partial charge in [-0.15, -0.1) is 0 Å². The molecule has 1 N–H and O–H groups in total. The third kappa shape index (κ3) is 5.74. The minimum atomic E-state index is -1.10. The predicted molar refractivity (Wildman–Crippen MR) is 78.1 cm³/mol. The Labute approximate surface area is 123 Å². The van der Waals surface area contributed by atoms with Gasteiger partial charge in [-0.05, 0) is 36.4 Å². The summed E-state index contributed by atoms with van der Waals surface area (Å²) in [5.74, 6) is -1.57. The number of carboxylic acid groups (broad SMARTS) is 1. The van der Waals surface area contributed by atoms with Gasteiger partial charge >= 0.3 is 5.97 Å². The zero-order chi connectivity index (χ0) is 16.0. The fourth-order valence-corrected chi connectivity index (χ4v) is 1.75. The molecule has 1 aromatic carbocycles. The Hall–Kier alpha value is -2.21. The third-order valence-electron chi connectivity index (χ3n) is 2.86. The summed E-state index contributed by atoms with van der Waals surface area (Å²) in [4.78, 5) is 25.5. The van der Waals surface area contributed by atoms with Crippen molar-refractivity contribution < 1.29 is 19.1 Å². The van der Waals surface area contributed by atoms with Crippen LogP contribution in [-0.4, -0.2) is 54.5 Å². The van der Waals surface area contributed by atoms with Gasteiger partial charge in [-0.3, -0.25) is 9.69 Å². The molecule has 1 rings (SSSR count). The van der Waals surface area contributed by atoms with Gasteiger partial charge in [-0.25, -0.2) is 9.18 Å². The van der Waals surface area contributed by atoms with Gasteiger partial charge in [0.15, 0.2) is 0 Å². The molecule has 21 heavy (non-hydrogen) atoms. The third-order valence-corrected chi connectivity index (χ3v) is 2.86. The summed E-state index contributed by atoms with van der Waals surface area (Å²) in [5, 5.41) is 8.66. The number of amides is 1. The minimum absolute atomic E-state index is 0.0396. The molecular weight excluding hydrogens is 275 g/mol. The SMILES string of the molecule is CN(CC(=O)N(C)C)Cc1ccc(F)cc1C=CC(=O)O. The zero-order valence-corrected chi connectivity index (χ0v) is 12.3. The van der Waals surface area contributed by atoms with Gasteiger partial charge in [-0.1, -0.05) is 6.07 Å². The van der Waals surface area contributed by atoms with E-state index in [9.17, 15) is 14.0 Å². The first-order valence-electron chi connectivity index (χ1n) is 6.37. The Bertz CT molecular complexity index is 556. The molecule has 0 unspecified atom stereocenters. The Balaban J connectivity index is 2.87. The van der Waals surface area contributed by atoms with Crippen molar-refractivity contribution in [2.75, 3.05) is 27.7 Å². The van der Waals surface area contributed by atoms with Crippen molar-refractivity contribution in [3.05, 3.63) is 41.2 Å². The number of hydrogen-bond donors (Lipinski definition) is 1. The smallest absolute Gasteiger partial charge is 0.328 e. The highest BCUT2D eigenvalue weighted by molar-refractivity contribution is 5.85. The number of benzene rings is 1. The Kier molecular flexibility index (Phi) is 6.05. The Morgan fingerprint density at radius 2 is 1.95 bits per heavy atom. The first-order valence-corrected chi connectivity index (χ1v) is 6.37. The largest absolute Gasteiger partial charge is 0.478 e. The first-order chi connectivity index (χ1) is 9.79. The van der Waals surface area contributed by atoms with E-state index >= 15 is 0 Å². The van der Waals surface area contributed by atoms with Crippen LogP contribution < -0.4 is 0 Å². The van der Waals surface area contributed by atoms with E-state index < -0.39 is 11.8 Å². The van der Waals surface area contributed by atoms with Crippen LogP contribution in [0.5, 0.6) is 0 Å². The summed E-state index contributed by atoms with van der Waals surface area (Å²) in [7, 11) is 5.12. The lowest BCUT2D eigenvalue weighted by molar-refractivity contribution is -0.131. The Morgan fingerprint density at radius 3 is 2.52 bits per heavy atom. The molecule has 0 heterocycles. The molecule has 0 radical (unpaired) electrons. The maximum atomic E-state index is 13.3. The van der Waals surface area contributed by atoms with Gasteiger partial charge in [0.2, 0.25) is 5.91 Å². The molecule has 6 heteroatoms. The van der Waals surface area contributed by atoms with Crippen molar-refractivity contribution in [2.24, 2.45) is 0 Å². The molecule has 0 aromatic heterocycles. The average molecular weight is 294 g/mol. The summed E-state index contributed by atoms with van der Waals surface area (Å²) in [6.07, 6.45) is 2.31. The number of carbonyl (C=O) groups excluding carboxylic acids is 1. The van der Waals surface area contributed by atoms with Crippen LogP contribution in [0.3, 0.4) is 0 Å². The highest BCUT2D eigenvalue weighted by Crippen LogP contribution is 2.15. The fourth-order valence-electron chi connectivity index (χ4n) is 1.75. The number of carboxylic acids is 1. The van der Waals surface area contributed by atoms with Crippen LogP contribution in [0.2, 0.25) is 0 Å². The molecule has 0 aliphatic heterocycles. The van der Waals surface area contributed by atoms with Crippen molar-refractivity contribution in [2.45, 2.75) is 6.54 Å². The predicted octanol–water partition coefficient (Wildman–Crippen LogP) is 1.44. The molecule has 0 saturated heterocycles. The standard InChI is InChI=1S/C15H19FN2O3/c1-17(2)14(19)10-18(3)9-12-4-6-13(16)8-11(12)5-7-15(20)21/h4-8H,9-10H2,1-3H3,(H,20,21). The number of aliphatic carboxylic acids is 1. The molecule has 0 fully saturated rings. The van der Waals surface area contributed by atoms with E-state index in [2.05, 4.69) is 0 Å². The molecule has 0 atom stereocenters. The van der Waals surface area contributed by atoms with Crippen LogP contribution >= 0.6 is 0 Å². The zero-order valence-electron chi connectivity index (χ0n) is 12.3. The van der Waals surface area contributed by atoms with Gasteiger partial charge in [0.1, 0.15) is 5.82 Å². The van der Waals surface area contributed by atoms with Crippen LogP contribution in [0.4, 0.5) is 4.39 Å². The van der Waals surface area contributed by atoms with Crippen molar-refractivity contribution in [1.82, 2.24) is 9.80 Å². The summed E-state index contributed by atoms with van der Waals surface area (Å²) < 4.78 is 13.3. The van der Waals surface area contributed by atoms with Crippen molar-refractivity contribution in [3.63, 3.8) is 0 Å². The molecule has 0 spiro atoms. The number of rotatable bonds is 6. The van der Waals surface area contributed by atoms with Gasteiger partial charge in [-0.2, -0.15) is 0 Å². The van der Waals surface area contributed by atoms with E-state index in [1.165, 1.54) is 23.1 Å². The number of halogens is 1. The van der Waals surface area contributed by atoms with E-state index in [1.807, 2.05) is 0 Å². The summed E-state index contributed by atoms with van der Waals surface area (Å²) in [5.41, 5.74) is 1.24. The number of hydrogen-bond acceptors (Lipinski definition) is 3. The average Bonchev–Trinajstić information content (AvgIpc) is 2.38. The van der Waals surface area contributed by atoms with E-state index in [4.69, 9.17) is 5.11 Å². The van der Waals surface area contributed by atoms with E-state index in [0.29, 0.717) is 12.1 Å². The highest BCUT2D eigenvalue weighted by atomic mass is 19.1. The van der Waals surface area contributed by atoms with E-state index in [-0.39, 0.29) is 12.5 Å². The maximum Gasteiger partial charge on any atom is 0.328 e. The van der Waals surface area contributed by atoms with Crippen molar-refractivity contribution in [3.8, 4) is 0 Å². The summed E-state index contributed by atoms with van der Waals surface area (Å²) >= 11 is 0. The maximum absolute atomic E-state index is 13.3. The highest BCUT2D eigenvalue weighted by Gasteiger charge is 2.11. The van der Waals surface area contributed by atoms with Gasteiger partial charge in [0.05, 0.1) is 6.54 Å². The molecule has 0 bridgehead atoms. The lowest BCUT2D eigenvalue weighted by Gasteiger charge is -2.20. The molecule has 0 aliphatic rings. The minimum Gasteiger partial charge on any atom is -0.478 e. The van der Waals surface area contributed by atoms with Crippen LogP contribution in [0, 0.1) is 5.82 Å². The second kappa shape index (κ2) is 7.54. The molecule has 1 aromatic rings.